The number of carbonyl (C=O) groups is 1. The van der Waals surface area contributed by atoms with Gasteiger partial charge in [0.1, 0.15) is 11.4 Å². The molecule has 2 heterocycles. The highest BCUT2D eigenvalue weighted by atomic mass is 32.1. The monoisotopic (exact) mass is 411 g/mol. The zero-order valence-electron chi connectivity index (χ0n) is 14.3. The molecule has 0 saturated heterocycles. The normalized spacial score (nSPS) is 14.1. The van der Waals surface area contributed by atoms with Crippen molar-refractivity contribution < 1.29 is 22.4 Å². The maximum Gasteiger partial charge on any atom is 0.419 e. The maximum atomic E-state index is 13.4. The first-order chi connectivity index (χ1) is 13.3. The molecule has 4 rings (SSSR count). The van der Waals surface area contributed by atoms with Gasteiger partial charge in [0, 0.05) is 22.5 Å². The summed E-state index contributed by atoms with van der Waals surface area (Å²) in [5.41, 5.74) is -1.79. The quantitative estimate of drug-likeness (QED) is 0.648. The molecule has 0 fully saturated rings. The Bertz CT molecular complexity index is 1150. The standard InChI is InChI=1S/C18H13F4N3O2S/c19-12-6-5-9(7-11(12)18(20,21)22)24-15(26)10-8-23-17-25(16(10)27)13-3-1-2-4-14(13)28-17/h5-8H,1-4H2,(H,24,26). The van der Waals surface area contributed by atoms with Gasteiger partial charge in [-0.25, -0.2) is 9.37 Å². The fourth-order valence-electron chi connectivity index (χ4n) is 3.24. The molecule has 0 atom stereocenters. The molecule has 0 aliphatic heterocycles. The summed E-state index contributed by atoms with van der Waals surface area (Å²) in [5, 5.41) is 2.22. The number of nitrogens with zero attached hydrogens (tertiary/aromatic N) is 2. The number of carbonyl (C=O) groups excluding carboxylic acids is 1. The van der Waals surface area contributed by atoms with Crippen LogP contribution >= 0.6 is 11.3 Å². The van der Waals surface area contributed by atoms with Crippen molar-refractivity contribution >= 4 is 27.9 Å². The Morgan fingerprint density at radius 3 is 2.71 bits per heavy atom. The van der Waals surface area contributed by atoms with Crippen molar-refractivity contribution in [2.75, 3.05) is 5.32 Å². The van der Waals surface area contributed by atoms with Crippen LogP contribution in [-0.2, 0) is 19.0 Å². The highest BCUT2D eigenvalue weighted by Crippen LogP contribution is 2.33. The summed E-state index contributed by atoms with van der Waals surface area (Å²) in [4.78, 5) is 31.0. The molecule has 1 aliphatic rings. The first-order valence-corrected chi connectivity index (χ1v) is 9.28. The van der Waals surface area contributed by atoms with Crippen LogP contribution in [0.1, 0.15) is 39.3 Å². The SMILES string of the molecule is O=C(Nc1ccc(F)c(C(F)(F)F)c1)c1cnc2sc3c(n2c1=O)CCCC3. The summed E-state index contributed by atoms with van der Waals surface area (Å²) in [6.07, 6.45) is -0.287. The number of rotatable bonds is 2. The topological polar surface area (TPSA) is 63.5 Å². The second kappa shape index (κ2) is 6.69. The number of aryl methyl sites for hydroxylation is 2. The average molecular weight is 411 g/mol. The lowest BCUT2D eigenvalue weighted by atomic mass is 10.0. The van der Waals surface area contributed by atoms with Crippen LogP contribution in [0.25, 0.3) is 4.96 Å². The van der Waals surface area contributed by atoms with Gasteiger partial charge < -0.3 is 5.32 Å². The molecule has 1 aromatic carbocycles. The van der Waals surface area contributed by atoms with Crippen LogP contribution in [0.4, 0.5) is 23.2 Å². The molecule has 0 spiro atoms. The Morgan fingerprint density at radius 1 is 1.21 bits per heavy atom. The summed E-state index contributed by atoms with van der Waals surface area (Å²) in [5.74, 6) is -2.35. The third-order valence-corrected chi connectivity index (χ3v) is 5.73. The van der Waals surface area contributed by atoms with Crippen LogP contribution < -0.4 is 10.9 Å². The molecule has 0 radical (unpaired) electrons. The minimum atomic E-state index is -4.90. The van der Waals surface area contributed by atoms with Gasteiger partial charge in [0.15, 0.2) is 4.96 Å². The van der Waals surface area contributed by atoms with E-state index in [2.05, 4.69) is 10.3 Å². The lowest BCUT2D eigenvalue weighted by molar-refractivity contribution is -0.139. The Morgan fingerprint density at radius 2 is 1.96 bits per heavy atom. The van der Waals surface area contributed by atoms with Crippen molar-refractivity contribution in [3.63, 3.8) is 0 Å². The molecule has 3 aromatic rings. The van der Waals surface area contributed by atoms with Gasteiger partial charge in [-0.2, -0.15) is 13.2 Å². The second-order valence-electron chi connectivity index (χ2n) is 6.42. The van der Waals surface area contributed by atoms with E-state index in [1.54, 1.807) is 0 Å². The number of halogens is 4. The van der Waals surface area contributed by atoms with E-state index in [0.717, 1.165) is 42.1 Å². The molecule has 10 heteroatoms. The zero-order valence-corrected chi connectivity index (χ0v) is 15.1. The average Bonchev–Trinajstić information content (AvgIpc) is 3.02. The lowest BCUT2D eigenvalue weighted by Crippen LogP contribution is -2.27. The highest BCUT2D eigenvalue weighted by Gasteiger charge is 2.34. The van der Waals surface area contributed by atoms with Crippen molar-refractivity contribution in [2.45, 2.75) is 31.9 Å². The number of amides is 1. The third kappa shape index (κ3) is 3.17. The molecule has 5 nitrogen and oxygen atoms in total. The molecule has 0 bridgehead atoms. The molecule has 0 unspecified atom stereocenters. The number of aromatic nitrogens is 2. The van der Waals surface area contributed by atoms with E-state index < -0.39 is 29.0 Å². The number of nitrogens with one attached hydrogen (secondary N) is 1. The minimum absolute atomic E-state index is 0.268. The lowest BCUT2D eigenvalue weighted by Gasteiger charge is -2.12. The van der Waals surface area contributed by atoms with E-state index in [9.17, 15) is 27.2 Å². The van der Waals surface area contributed by atoms with E-state index in [-0.39, 0.29) is 11.3 Å². The molecule has 1 aliphatic carbocycles. The summed E-state index contributed by atoms with van der Waals surface area (Å²) in [6.45, 7) is 0. The molecule has 146 valence electrons. The van der Waals surface area contributed by atoms with Crippen molar-refractivity contribution in [1.29, 1.82) is 0 Å². The van der Waals surface area contributed by atoms with Crippen molar-refractivity contribution in [2.24, 2.45) is 0 Å². The predicted octanol–water partition coefficient (Wildman–Crippen LogP) is 4.05. The number of hydrogen-bond donors (Lipinski definition) is 1. The van der Waals surface area contributed by atoms with Crippen LogP contribution in [0.3, 0.4) is 0 Å². The summed E-state index contributed by atoms with van der Waals surface area (Å²) < 4.78 is 53.3. The van der Waals surface area contributed by atoms with Gasteiger partial charge in [0.25, 0.3) is 11.5 Å². The molecule has 1 N–H and O–H groups in total. The van der Waals surface area contributed by atoms with Gasteiger partial charge in [0.2, 0.25) is 0 Å². The maximum absolute atomic E-state index is 13.4. The number of benzene rings is 1. The Hall–Kier alpha value is -2.75. The minimum Gasteiger partial charge on any atom is -0.322 e. The first kappa shape index (κ1) is 18.6. The molecule has 28 heavy (non-hydrogen) atoms. The van der Waals surface area contributed by atoms with Crippen LogP contribution in [0.15, 0.2) is 29.2 Å². The van der Waals surface area contributed by atoms with Gasteiger partial charge in [-0.3, -0.25) is 14.0 Å². The van der Waals surface area contributed by atoms with Gasteiger partial charge in [-0.1, -0.05) is 0 Å². The highest BCUT2D eigenvalue weighted by molar-refractivity contribution is 7.17. The van der Waals surface area contributed by atoms with Crippen LogP contribution in [0.2, 0.25) is 0 Å². The van der Waals surface area contributed by atoms with E-state index in [1.807, 2.05) is 0 Å². The Balaban J connectivity index is 1.70. The van der Waals surface area contributed by atoms with Gasteiger partial charge in [0.05, 0.1) is 5.56 Å². The summed E-state index contributed by atoms with van der Waals surface area (Å²) in [7, 11) is 0. The van der Waals surface area contributed by atoms with Crippen LogP contribution in [0, 0.1) is 5.82 Å². The number of hydrogen-bond acceptors (Lipinski definition) is 4. The fourth-order valence-corrected chi connectivity index (χ4v) is 4.41. The fraction of sp³-hybridized carbons (Fsp3) is 0.278. The second-order valence-corrected chi connectivity index (χ2v) is 7.48. The number of thiazole rings is 1. The van der Waals surface area contributed by atoms with Gasteiger partial charge in [-0.05, 0) is 43.9 Å². The zero-order chi connectivity index (χ0) is 20.1. The number of anilines is 1. The van der Waals surface area contributed by atoms with Gasteiger partial charge in [-0.15, -0.1) is 11.3 Å². The first-order valence-electron chi connectivity index (χ1n) is 8.46. The van der Waals surface area contributed by atoms with E-state index >= 15 is 0 Å². The van der Waals surface area contributed by atoms with Crippen LogP contribution in [0.5, 0.6) is 0 Å². The molecule has 1 amide bonds. The largest absolute Gasteiger partial charge is 0.419 e. The predicted molar refractivity (Wildman–Crippen MR) is 95.3 cm³/mol. The molecular weight excluding hydrogens is 398 g/mol. The molecular formula is C18H13F4N3O2S. The van der Waals surface area contributed by atoms with E-state index in [4.69, 9.17) is 0 Å². The number of fused-ring (bicyclic) bond motifs is 3. The molecule has 0 saturated carbocycles. The summed E-state index contributed by atoms with van der Waals surface area (Å²) in [6, 6.07) is 2.10. The van der Waals surface area contributed by atoms with Gasteiger partial charge >= 0.3 is 6.18 Å². The smallest absolute Gasteiger partial charge is 0.322 e. The van der Waals surface area contributed by atoms with Crippen molar-refractivity contribution in [3.05, 3.63) is 62.3 Å². The van der Waals surface area contributed by atoms with E-state index in [0.29, 0.717) is 23.5 Å². The van der Waals surface area contributed by atoms with E-state index in [1.165, 1.54) is 15.7 Å². The third-order valence-electron chi connectivity index (χ3n) is 4.58. The van der Waals surface area contributed by atoms with Crippen molar-refractivity contribution in [3.8, 4) is 0 Å². The Kier molecular flexibility index (Phi) is 4.45. The van der Waals surface area contributed by atoms with Crippen LogP contribution in [-0.4, -0.2) is 15.3 Å². The van der Waals surface area contributed by atoms with Crippen molar-refractivity contribution in [1.82, 2.24) is 9.38 Å². The number of alkyl halides is 3. The molecule has 2 aromatic heterocycles. The Labute approximate surface area is 159 Å². The summed E-state index contributed by atoms with van der Waals surface area (Å²) >= 11 is 1.40.